The molecule has 0 fully saturated rings. The van der Waals surface area contributed by atoms with Crippen molar-refractivity contribution in [3.8, 4) is 11.1 Å². The molecule has 0 saturated carbocycles. The van der Waals surface area contributed by atoms with Gasteiger partial charge < -0.3 is 5.32 Å². The molecule has 0 saturated heterocycles. The van der Waals surface area contributed by atoms with E-state index in [1.54, 1.807) is 0 Å². The third kappa shape index (κ3) is 2.39. The van der Waals surface area contributed by atoms with Crippen LogP contribution in [0.4, 0.5) is 0 Å². The van der Waals surface area contributed by atoms with Crippen molar-refractivity contribution in [2.45, 2.75) is 20.3 Å². The van der Waals surface area contributed by atoms with E-state index in [1.165, 1.54) is 16.7 Å². The Hall–Kier alpha value is -1.61. The van der Waals surface area contributed by atoms with Gasteiger partial charge in [0.25, 0.3) is 0 Å². The van der Waals surface area contributed by atoms with Gasteiger partial charge in [-0.1, -0.05) is 24.3 Å². The first kappa shape index (κ1) is 11.9. The number of aryl methyl sites for hydroxylation is 2. The van der Waals surface area contributed by atoms with E-state index in [-0.39, 0.29) is 0 Å². The van der Waals surface area contributed by atoms with Crippen molar-refractivity contribution in [2.24, 2.45) is 0 Å². The highest BCUT2D eigenvalue weighted by molar-refractivity contribution is 5.71. The van der Waals surface area contributed by atoms with Crippen LogP contribution in [0.25, 0.3) is 11.1 Å². The van der Waals surface area contributed by atoms with E-state index >= 15 is 0 Å². The molecule has 3 nitrogen and oxygen atoms in total. The SMILES string of the molecule is CNCCc1n[nH]c(C)c1-c1ccccc1C. The first-order chi connectivity index (χ1) is 8.24. The van der Waals surface area contributed by atoms with Crippen LogP contribution in [0, 0.1) is 13.8 Å². The van der Waals surface area contributed by atoms with Gasteiger partial charge in [-0.25, -0.2) is 0 Å². The summed E-state index contributed by atoms with van der Waals surface area (Å²) in [7, 11) is 1.97. The first-order valence-corrected chi connectivity index (χ1v) is 5.98. The smallest absolute Gasteiger partial charge is 0.0716 e. The van der Waals surface area contributed by atoms with Gasteiger partial charge in [0.05, 0.1) is 5.69 Å². The van der Waals surface area contributed by atoms with Gasteiger partial charge in [-0.05, 0) is 32.0 Å². The van der Waals surface area contributed by atoms with Crippen LogP contribution in [0.15, 0.2) is 24.3 Å². The van der Waals surface area contributed by atoms with Crippen LogP contribution < -0.4 is 5.32 Å². The predicted molar refractivity (Wildman–Crippen MR) is 71.1 cm³/mol. The fourth-order valence-electron chi connectivity index (χ4n) is 2.11. The highest BCUT2D eigenvalue weighted by Gasteiger charge is 2.13. The molecule has 3 heteroatoms. The molecule has 0 atom stereocenters. The van der Waals surface area contributed by atoms with Crippen molar-refractivity contribution in [3.63, 3.8) is 0 Å². The van der Waals surface area contributed by atoms with Crippen molar-refractivity contribution in [2.75, 3.05) is 13.6 Å². The lowest BCUT2D eigenvalue weighted by Gasteiger charge is -2.07. The monoisotopic (exact) mass is 229 g/mol. The van der Waals surface area contributed by atoms with Gasteiger partial charge in [-0.15, -0.1) is 0 Å². The summed E-state index contributed by atoms with van der Waals surface area (Å²) in [5.74, 6) is 0. The Bertz CT molecular complexity index is 500. The molecular formula is C14H19N3. The Balaban J connectivity index is 2.44. The molecule has 0 aliphatic rings. The highest BCUT2D eigenvalue weighted by Crippen LogP contribution is 2.28. The number of likely N-dealkylation sites (N-methyl/N-ethyl adjacent to an activating group) is 1. The van der Waals surface area contributed by atoms with Gasteiger partial charge in [0.2, 0.25) is 0 Å². The topological polar surface area (TPSA) is 40.7 Å². The maximum atomic E-state index is 4.41. The molecule has 0 aliphatic heterocycles. The number of aromatic amines is 1. The van der Waals surface area contributed by atoms with Gasteiger partial charge >= 0.3 is 0 Å². The molecule has 2 aromatic rings. The average molecular weight is 229 g/mol. The van der Waals surface area contributed by atoms with Crippen molar-refractivity contribution in [1.29, 1.82) is 0 Å². The summed E-state index contributed by atoms with van der Waals surface area (Å²) in [6.07, 6.45) is 0.949. The molecule has 0 spiro atoms. The summed E-state index contributed by atoms with van der Waals surface area (Å²) in [4.78, 5) is 0. The van der Waals surface area contributed by atoms with E-state index in [4.69, 9.17) is 0 Å². The normalized spacial score (nSPS) is 10.8. The maximum absolute atomic E-state index is 4.41. The van der Waals surface area contributed by atoms with Crippen LogP contribution in [0.3, 0.4) is 0 Å². The molecule has 90 valence electrons. The molecular weight excluding hydrogens is 210 g/mol. The minimum absolute atomic E-state index is 0.948. The third-order valence-electron chi connectivity index (χ3n) is 3.05. The Morgan fingerprint density at radius 2 is 2.00 bits per heavy atom. The molecule has 1 aromatic carbocycles. The van der Waals surface area contributed by atoms with Gasteiger partial charge in [0, 0.05) is 24.2 Å². The summed E-state index contributed by atoms with van der Waals surface area (Å²) < 4.78 is 0. The second-order valence-corrected chi connectivity index (χ2v) is 4.34. The van der Waals surface area contributed by atoms with E-state index < -0.39 is 0 Å². The highest BCUT2D eigenvalue weighted by atomic mass is 15.1. The fraction of sp³-hybridized carbons (Fsp3) is 0.357. The van der Waals surface area contributed by atoms with Crippen LogP contribution in [0.5, 0.6) is 0 Å². The van der Waals surface area contributed by atoms with Gasteiger partial charge in [0.15, 0.2) is 0 Å². The summed E-state index contributed by atoms with van der Waals surface area (Å²) in [6.45, 7) is 5.17. The van der Waals surface area contributed by atoms with Gasteiger partial charge in [-0.2, -0.15) is 5.10 Å². The summed E-state index contributed by atoms with van der Waals surface area (Å²) in [6, 6.07) is 8.46. The summed E-state index contributed by atoms with van der Waals surface area (Å²) in [5, 5.41) is 10.7. The molecule has 0 amide bonds. The van der Waals surface area contributed by atoms with Gasteiger partial charge in [0.1, 0.15) is 0 Å². The van der Waals surface area contributed by atoms with Crippen LogP contribution >= 0.6 is 0 Å². The molecule has 0 bridgehead atoms. The number of nitrogens with one attached hydrogen (secondary N) is 2. The first-order valence-electron chi connectivity index (χ1n) is 5.98. The van der Waals surface area contributed by atoms with E-state index in [1.807, 2.05) is 7.05 Å². The minimum atomic E-state index is 0.948. The molecule has 2 N–H and O–H groups in total. The zero-order chi connectivity index (χ0) is 12.3. The largest absolute Gasteiger partial charge is 0.319 e. The van der Waals surface area contributed by atoms with E-state index in [0.29, 0.717) is 0 Å². The number of aromatic nitrogens is 2. The van der Waals surface area contributed by atoms with Crippen molar-refractivity contribution in [3.05, 3.63) is 41.2 Å². The van der Waals surface area contributed by atoms with Crippen LogP contribution in [0.1, 0.15) is 17.0 Å². The fourth-order valence-corrected chi connectivity index (χ4v) is 2.11. The standard InChI is InChI=1S/C14H19N3/c1-10-6-4-5-7-12(10)14-11(2)16-17-13(14)8-9-15-3/h4-7,15H,8-9H2,1-3H3,(H,16,17). The Kier molecular flexibility index (Phi) is 3.59. The molecule has 2 rings (SSSR count). The number of rotatable bonds is 4. The Morgan fingerprint density at radius 3 is 2.71 bits per heavy atom. The van der Waals surface area contributed by atoms with E-state index in [9.17, 15) is 0 Å². The van der Waals surface area contributed by atoms with Crippen molar-refractivity contribution in [1.82, 2.24) is 15.5 Å². The zero-order valence-electron chi connectivity index (χ0n) is 10.7. The molecule has 0 radical (unpaired) electrons. The zero-order valence-corrected chi connectivity index (χ0v) is 10.7. The molecule has 17 heavy (non-hydrogen) atoms. The molecule has 1 aromatic heterocycles. The van der Waals surface area contributed by atoms with E-state index in [2.05, 4.69) is 53.6 Å². The lowest BCUT2D eigenvalue weighted by atomic mass is 9.98. The number of nitrogens with zero attached hydrogens (tertiary/aromatic N) is 1. The third-order valence-corrected chi connectivity index (χ3v) is 3.05. The second-order valence-electron chi connectivity index (χ2n) is 4.34. The predicted octanol–water partition coefficient (Wildman–Crippen LogP) is 2.46. The second kappa shape index (κ2) is 5.15. The number of H-pyrrole nitrogens is 1. The van der Waals surface area contributed by atoms with Crippen LogP contribution in [-0.2, 0) is 6.42 Å². The number of hydrogen-bond acceptors (Lipinski definition) is 2. The summed E-state index contributed by atoms with van der Waals surface area (Å²) in [5.41, 5.74) is 6.13. The van der Waals surface area contributed by atoms with Crippen molar-refractivity contribution < 1.29 is 0 Å². The average Bonchev–Trinajstić information content (AvgIpc) is 2.69. The Labute approximate surface area is 102 Å². The quantitative estimate of drug-likeness (QED) is 0.845. The number of benzene rings is 1. The molecule has 0 aliphatic carbocycles. The van der Waals surface area contributed by atoms with E-state index in [0.717, 1.165) is 24.4 Å². The van der Waals surface area contributed by atoms with Crippen molar-refractivity contribution >= 4 is 0 Å². The van der Waals surface area contributed by atoms with Crippen LogP contribution in [-0.4, -0.2) is 23.8 Å². The maximum Gasteiger partial charge on any atom is 0.0716 e. The molecule has 1 heterocycles. The Morgan fingerprint density at radius 1 is 1.24 bits per heavy atom. The molecule has 0 unspecified atom stereocenters. The minimum Gasteiger partial charge on any atom is -0.319 e. The lowest BCUT2D eigenvalue weighted by Crippen LogP contribution is -2.11. The number of hydrogen-bond donors (Lipinski definition) is 2. The van der Waals surface area contributed by atoms with Gasteiger partial charge in [-0.3, -0.25) is 5.10 Å². The van der Waals surface area contributed by atoms with Crippen LogP contribution in [0.2, 0.25) is 0 Å². The summed E-state index contributed by atoms with van der Waals surface area (Å²) >= 11 is 0. The lowest BCUT2D eigenvalue weighted by molar-refractivity contribution is 0.773.